The van der Waals surface area contributed by atoms with E-state index in [1.165, 1.54) is 42.6 Å². The zero-order valence-electron chi connectivity index (χ0n) is 46.1. The number of ether oxygens (including phenoxy) is 5. The molecule has 2 aromatic heterocycles. The molecule has 0 radical (unpaired) electrons. The number of aliphatic hydroxyl groups excluding tert-OH is 1. The van der Waals surface area contributed by atoms with E-state index < -0.39 is 133 Å². The molecule has 1 aliphatic heterocycles. The number of phosphoric ester groups is 2. The average Bonchev–Trinajstić information content (AvgIpc) is 0.858. The number of carbonyl (C=O) groups is 3. The lowest BCUT2D eigenvalue weighted by atomic mass is 9.92. The van der Waals surface area contributed by atoms with Crippen LogP contribution in [-0.2, 0) is 83.3 Å². The number of para-hydroxylation sites is 1. The summed E-state index contributed by atoms with van der Waals surface area (Å²) in [7, 11) is -24.7. The summed E-state index contributed by atoms with van der Waals surface area (Å²) in [6.07, 6.45) is -5.81. The van der Waals surface area contributed by atoms with Crippen LogP contribution in [-0.4, -0.2) is 195 Å². The first-order valence-corrected chi connectivity index (χ1v) is 33.7. The van der Waals surface area contributed by atoms with Gasteiger partial charge in [-0.15, -0.1) is 0 Å². The molecule has 40 heteroatoms. The number of fused-ring (bicyclic) bond motifs is 2. The van der Waals surface area contributed by atoms with E-state index in [0.29, 0.717) is 0 Å². The van der Waals surface area contributed by atoms with Crippen LogP contribution in [0.4, 0.5) is 11.5 Å². The number of aromatic nitrogens is 2. The molecule has 2 amide bonds. The molecule has 35 nitrogen and oxygen atoms in total. The van der Waals surface area contributed by atoms with Crippen LogP contribution in [0.2, 0.25) is 0 Å². The van der Waals surface area contributed by atoms with Gasteiger partial charge in [-0.2, -0.15) is 13.4 Å². The highest BCUT2D eigenvalue weighted by atomic mass is 32.2. The Morgan fingerprint density at radius 1 is 0.795 bits per heavy atom. The Labute approximate surface area is 500 Å². The van der Waals surface area contributed by atoms with Crippen molar-refractivity contribution in [1.82, 2.24) is 24.9 Å². The van der Waals surface area contributed by atoms with Crippen LogP contribution in [0.5, 0.6) is 0 Å². The summed E-state index contributed by atoms with van der Waals surface area (Å²) in [5, 5.41) is 26.3. The SMILES string of the molecule is Nc1ccc2c(-c3ccc(C(=O)NCCOCCOCCOCCOCCC(=O)NCCCc4cn([C@@H]5O[C@H](COP(=O)(O)O)C(OP(=O)(O)O)[C@@H]5O)c(=O)nc4N)cc3C(=O)O)c3cccc(S(=O)(=O)[O-])c3[o+]c2c1S(=O)(=O)NCCCCS(=O)(=O)O. The Bertz CT molecular complexity index is 3850. The number of unbranched alkanes of at least 4 members (excludes halogenated alkanes) is 1. The lowest BCUT2D eigenvalue weighted by Crippen LogP contribution is -2.38. The van der Waals surface area contributed by atoms with Crippen molar-refractivity contribution < 1.29 is 125 Å². The maximum absolute atomic E-state index is 13.8. The van der Waals surface area contributed by atoms with Gasteiger partial charge in [-0.3, -0.25) is 27.8 Å². The zero-order valence-corrected chi connectivity index (χ0v) is 50.3. The third kappa shape index (κ3) is 20.5. The first-order chi connectivity index (χ1) is 41.3. The fraction of sp³-hybridized carbons (Fsp3) is 0.458. The van der Waals surface area contributed by atoms with Gasteiger partial charge in [-0.05, 0) is 67.6 Å². The normalized spacial score (nSPS) is 16.8. The Kier molecular flexibility index (Phi) is 25.1. The predicted octanol–water partition coefficient (Wildman–Crippen LogP) is -0.415. The number of sulfonamides is 1. The third-order valence-electron chi connectivity index (χ3n) is 12.7. The highest BCUT2D eigenvalue weighted by Crippen LogP contribution is 2.46. The quantitative estimate of drug-likeness (QED) is 0.00605. The fourth-order valence-electron chi connectivity index (χ4n) is 8.77. The van der Waals surface area contributed by atoms with Crippen molar-refractivity contribution in [3.63, 3.8) is 0 Å². The number of rotatable bonds is 36. The van der Waals surface area contributed by atoms with E-state index in [1.807, 2.05) is 0 Å². The Hall–Kier alpha value is -6.07. The average molecular weight is 1340 g/mol. The van der Waals surface area contributed by atoms with E-state index in [1.54, 1.807) is 0 Å². The number of carboxylic acid groups (broad SMARTS) is 1. The molecule has 486 valence electrons. The highest BCUT2D eigenvalue weighted by molar-refractivity contribution is 7.90. The summed E-state index contributed by atoms with van der Waals surface area (Å²) in [5.41, 5.74) is 8.76. The minimum atomic E-state index is -5.32. The molecule has 6 rings (SSSR count). The van der Waals surface area contributed by atoms with Crippen molar-refractivity contribution >= 4 is 97.1 Å². The third-order valence-corrected chi connectivity index (χ3v) is 16.9. The van der Waals surface area contributed by atoms with Crippen molar-refractivity contribution in [2.45, 2.75) is 66.4 Å². The number of hydrogen-bond acceptors (Lipinski definition) is 24. The molecule has 88 heavy (non-hydrogen) atoms. The van der Waals surface area contributed by atoms with Gasteiger partial charge in [0.05, 0.1) is 87.2 Å². The Morgan fingerprint density at radius 2 is 1.44 bits per heavy atom. The number of aromatic carboxylic acids is 1. The molecular weight excluding hydrogens is 1280 g/mol. The van der Waals surface area contributed by atoms with Crippen molar-refractivity contribution in [1.29, 1.82) is 0 Å². The van der Waals surface area contributed by atoms with Gasteiger partial charge in [0.25, 0.3) is 26.0 Å². The molecule has 0 saturated carbocycles. The molecule has 0 bridgehead atoms. The second kappa shape index (κ2) is 31.1. The van der Waals surface area contributed by atoms with Crippen molar-refractivity contribution in [3.8, 4) is 11.1 Å². The van der Waals surface area contributed by atoms with Gasteiger partial charge in [0.1, 0.15) is 34.2 Å². The van der Waals surface area contributed by atoms with Crippen LogP contribution < -0.4 is 32.5 Å². The molecule has 1 saturated heterocycles. The lowest BCUT2D eigenvalue weighted by Gasteiger charge is -2.21. The molecule has 0 spiro atoms. The molecule has 3 aromatic carbocycles. The fourth-order valence-corrected chi connectivity index (χ4v) is 12.2. The van der Waals surface area contributed by atoms with Crippen LogP contribution >= 0.6 is 15.6 Å². The van der Waals surface area contributed by atoms with E-state index in [2.05, 4.69) is 29.4 Å². The van der Waals surface area contributed by atoms with E-state index in [4.69, 9.17) is 53.9 Å². The van der Waals surface area contributed by atoms with Crippen LogP contribution in [0, 0.1) is 0 Å². The second-order valence-corrected chi connectivity index (χ2v) is 26.1. The minimum Gasteiger partial charge on any atom is -0.744 e. The van der Waals surface area contributed by atoms with E-state index in [-0.39, 0.29) is 149 Å². The van der Waals surface area contributed by atoms with Gasteiger partial charge in [0, 0.05) is 48.9 Å². The number of nitrogens with two attached hydrogens (primary N) is 2. The minimum absolute atomic E-state index is 0.00224. The summed E-state index contributed by atoms with van der Waals surface area (Å²) in [4.78, 5) is 90.0. The number of carbonyl (C=O) groups excluding carboxylic acids is 2. The van der Waals surface area contributed by atoms with Crippen molar-refractivity contribution in [3.05, 3.63) is 81.9 Å². The number of carboxylic acids is 1. The molecule has 5 aromatic rings. The number of amides is 2. The second-order valence-electron chi connectivity index (χ2n) is 19.0. The number of nitrogen functional groups attached to an aromatic ring is 2. The number of nitrogens with zero attached hydrogens (tertiary/aromatic N) is 2. The number of aliphatic hydroxyl groups is 1. The summed E-state index contributed by atoms with van der Waals surface area (Å²) in [6.45, 7) is -0.143. The van der Waals surface area contributed by atoms with Crippen LogP contribution in [0.1, 0.15) is 58.2 Å². The molecule has 4 atom stereocenters. The van der Waals surface area contributed by atoms with Gasteiger partial charge < -0.3 is 80.1 Å². The summed E-state index contributed by atoms with van der Waals surface area (Å²) < 4.78 is 164. The van der Waals surface area contributed by atoms with Gasteiger partial charge in [0.2, 0.25) is 10.8 Å². The maximum atomic E-state index is 13.8. The number of benzene rings is 3. The number of anilines is 2. The first-order valence-electron chi connectivity index (χ1n) is 26.2. The maximum Gasteiger partial charge on any atom is 0.470 e. The van der Waals surface area contributed by atoms with Gasteiger partial charge >= 0.3 is 38.5 Å². The van der Waals surface area contributed by atoms with Gasteiger partial charge in [-0.1, -0.05) is 12.1 Å². The molecule has 1 aliphatic rings. The zero-order chi connectivity index (χ0) is 64.8. The number of phosphoric acid groups is 2. The number of hydrogen-bond donors (Lipinski definition) is 12. The topological polar surface area (TPSA) is 551 Å². The van der Waals surface area contributed by atoms with Crippen molar-refractivity contribution in [2.75, 3.05) is 96.3 Å². The molecule has 14 N–H and O–H groups in total. The van der Waals surface area contributed by atoms with E-state index in [9.17, 15) is 78.1 Å². The number of nitrogens with one attached hydrogen (secondary N) is 3. The molecule has 0 aliphatic carbocycles. The number of aryl methyl sites for hydroxylation is 1. The van der Waals surface area contributed by atoms with E-state index in [0.717, 1.165) is 16.7 Å². The smallest absolute Gasteiger partial charge is 0.470 e. The summed E-state index contributed by atoms with van der Waals surface area (Å²) in [6, 6.07) is 9.39. The molecule has 3 heterocycles. The van der Waals surface area contributed by atoms with Gasteiger partial charge in [-0.25, -0.2) is 44.7 Å². The molecule has 1 fully saturated rings. The van der Waals surface area contributed by atoms with Crippen molar-refractivity contribution in [2.24, 2.45) is 0 Å². The van der Waals surface area contributed by atoms with Crippen LogP contribution in [0.3, 0.4) is 0 Å². The van der Waals surface area contributed by atoms with Crippen LogP contribution in [0.15, 0.2) is 73.7 Å². The summed E-state index contributed by atoms with van der Waals surface area (Å²) >= 11 is 0. The Morgan fingerprint density at radius 3 is 2.07 bits per heavy atom. The highest BCUT2D eigenvalue weighted by Gasteiger charge is 2.49. The molecule has 1 unspecified atom stereocenters. The standard InChI is InChI=1S/C48H63N7O28P2S3/c49-34-11-10-32-38(31-6-3-7-36(88(73,74)75)40(31)82-41(32)43(34)87(71,72)53-14-1-2-24-86(68,69)70)30-9-8-28(25-33(30)47(59)60)45(58)52-15-17-77-19-21-79-23-22-78-20-18-76-16-12-37(56)51-13-4-5-29-26-55(48(61)54-44(29)50)46-39(57)42(83-85(65,66)67)35(81-46)27-80-84(62,63)64/h3,6-11,25-26,35,39,42,46,53,57H,1-2,4-5,12-24,27,49H2,(H10-,50,51,52,54,56,58,59,60,61,62,63,64,65,66,67,68,69,70,73,74,75)/t35-,39+,42?,46-/m1/s1. The summed E-state index contributed by atoms with van der Waals surface area (Å²) in [5.74, 6) is -3.47. The Balaban J connectivity index is 0.895. The largest absolute Gasteiger partial charge is 0.744 e. The molecular formula is C48H63N7O28P2S3. The van der Waals surface area contributed by atoms with E-state index >= 15 is 0 Å². The van der Waals surface area contributed by atoms with Gasteiger partial charge in [0.15, 0.2) is 11.1 Å². The van der Waals surface area contributed by atoms with Crippen LogP contribution in [0.25, 0.3) is 33.1 Å². The monoisotopic (exact) mass is 1340 g/mol. The first kappa shape index (κ1) is 71.0. The lowest BCUT2D eigenvalue weighted by molar-refractivity contribution is -0.122. The predicted molar refractivity (Wildman–Crippen MR) is 303 cm³/mol.